The van der Waals surface area contributed by atoms with Crippen molar-refractivity contribution in [3.05, 3.63) is 186 Å². The molecule has 1 heterocycles. The maximum atomic E-state index is 2.57. The van der Waals surface area contributed by atoms with E-state index in [1.54, 1.807) is 0 Å². The summed E-state index contributed by atoms with van der Waals surface area (Å²) < 4.78 is 0. The van der Waals surface area contributed by atoms with Crippen LogP contribution in [-0.4, -0.2) is 6.04 Å². The van der Waals surface area contributed by atoms with Crippen molar-refractivity contribution in [2.24, 2.45) is 0 Å². The lowest BCUT2D eigenvalue weighted by Gasteiger charge is -2.34. The highest BCUT2D eigenvalue weighted by Gasteiger charge is 2.42. The minimum atomic E-state index is -0.0543. The van der Waals surface area contributed by atoms with E-state index in [0.717, 1.165) is 0 Å². The third-order valence-electron chi connectivity index (χ3n) is 10.5. The van der Waals surface area contributed by atoms with Crippen LogP contribution in [-0.2, 0) is 5.41 Å². The number of benzene rings is 6. The van der Waals surface area contributed by atoms with E-state index in [-0.39, 0.29) is 17.4 Å². The van der Waals surface area contributed by atoms with Crippen LogP contribution >= 0.6 is 0 Å². The van der Waals surface area contributed by atoms with Crippen molar-refractivity contribution < 1.29 is 0 Å². The number of nitrogens with zero attached hydrogens (tertiary/aromatic N) is 1. The Morgan fingerprint density at radius 1 is 0.522 bits per heavy atom. The molecule has 46 heavy (non-hydrogen) atoms. The van der Waals surface area contributed by atoms with E-state index in [1.165, 1.54) is 72.6 Å². The second-order valence-corrected chi connectivity index (χ2v) is 13.3. The van der Waals surface area contributed by atoms with Gasteiger partial charge in [-0.05, 0) is 91.5 Å². The van der Waals surface area contributed by atoms with Crippen LogP contribution in [0.15, 0.2) is 164 Å². The first-order valence-corrected chi connectivity index (χ1v) is 16.4. The smallest absolute Gasteiger partial charge is 0.0701 e. The molecule has 2 unspecified atom stereocenters. The minimum Gasteiger partial charge on any atom is -0.333 e. The zero-order chi connectivity index (χ0) is 30.8. The van der Waals surface area contributed by atoms with Crippen LogP contribution in [0.5, 0.6) is 0 Å². The summed E-state index contributed by atoms with van der Waals surface area (Å²) in [6, 6.07) is 53.9. The van der Waals surface area contributed by atoms with Crippen molar-refractivity contribution in [1.82, 2.24) is 0 Å². The van der Waals surface area contributed by atoms with Gasteiger partial charge in [-0.3, -0.25) is 0 Å². The maximum Gasteiger partial charge on any atom is 0.0701 e. The van der Waals surface area contributed by atoms with Crippen molar-refractivity contribution in [3.63, 3.8) is 0 Å². The zero-order valence-corrected chi connectivity index (χ0v) is 26.2. The fourth-order valence-electron chi connectivity index (χ4n) is 8.24. The lowest BCUT2D eigenvalue weighted by Crippen LogP contribution is -2.32. The highest BCUT2D eigenvalue weighted by molar-refractivity contribution is 5.94. The molecule has 9 rings (SSSR count). The number of hydrogen-bond donors (Lipinski definition) is 0. The summed E-state index contributed by atoms with van der Waals surface area (Å²) in [5.74, 6) is 0.262. The second-order valence-electron chi connectivity index (χ2n) is 13.3. The Labute approximate surface area is 271 Å². The molecule has 0 amide bonds. The Kier molecular flexibility index (Phi) is 6.05. The van der Waals surface area contributed by atoms with Crippen LogP contribution in [0.3, 0.4) is 0 Å². The van der Waals surface area contributed by atoms with E-state index in [4.69, 9.17) is 0 Å². The summed E-state index contributed by atoms with van der Waals surface area (Å²) in [4.78, 5) is 2.57. The molecule has 1 nitrogen and oxygen atoms in total. The van der Waals surface area contributed by atoms with Crippen LogP contribution in [0.25, 0.3) is 39.0 Å². The number of fused-ring (bicyclic) bond motifs is 6. The summed E-state index contributed by atoms with van der Waals surface area (Å²) in [6.07, 6.45) is 7.04. The fraction of sp³-hybridized carbons (Fsp3) is 0.111. The average molecular weight is 590 g/mol. The molecular formula is C45H35N. The summed E-state index contributed by atoms with van der Waals surface area (Å²) in [5, 5.41) is 0. The van der Waals surface area contributed by atoms with Gasteiger partial charge in [0.05, 0.1) is 6.04 Å². The highest BCUT2D eigenvalue weighted by atomic mass is 15.2. The molecule has 3 aliphatic rings. The van der Waals surface area contributed by atoms with E-state index in [9.17, 15) is 0 Å². The molecule has 0 bridgehead atoms. The summed E-state index contributed by atoms with van der Waals surface area (Å²) in [6.45, 7) is 4.74. The lowest BCUT2D eigenvalue weighted by atomic mass is 9.78. The van der Waals surface area contributed by atoms with Crippen molar-refractivity contribution in [2.75, 3.05) is 4.90 Å². The molecule has 0 spiro atoms. The van der Waals surface area contributed by atoms with Crippen molar-refractivity contribution in [3.8, 4) is 33.4 Å². The van der Waals surface area contributed by atoms with Gasteiger partial charge < -0.3 is 4.90 Å². The number of hydrogen-bond acceptors (Lipinski definition) is 1. The summed E-state index contributed by atoms with van der Waals surface area (Å²) in [5.41, 5.74) is 17.0. The van der Waals surface area contributed by atoms with Crippen LogP contribution in [0.4, 0.5) is 11.4 Å². The fourth-order valence-corrected chi connectivity index (χ4v) is 8.24. The van der Waals surface area contributed by atoms with Gasteiger partial charge in [0.2, 0.25) is 0 Å². The molecule has 0 fully saturated rings. The van der Waals surface area contributed by atoms with E-state index in [1.807, 2.05) is 0 Å². The van der Waals surface area contributed by atoms with E-state index < -0.39 is 0 Å². The van der Waals surface area contributed by atoms with Gasteiger partial charge in [0, 0.05) is 22.7 Å². The van der Waals surface area contributed by atoms with Crippen LogP contribution < -0.4 is 4.90 Å². The maximum absolute atomic E-state index is 2.57. The third kappa shape index (κ3) is 4.01. The van der Waals surface area contributed by atoms with Crippen LogP contribution in [0.2, 0.25) is 0 Å². The summed E-state index contributed by atoms with van der Waals surface area (Å²) >= 11 is 0. The lowest BCUT2D eigenvalue weighted by molar-refractivity contribution is 0.660. The number of allylic oxidation sites excluding steroid dienone is 2. The normalized spacial score (nSPS) is 18.4. The first-order chi connectivity index (χ1) is 22.6. The molecule has 1 aliphatic heterocycles. The van der Waals surface area contributed by atoms with Gasteiger partial charge >= 0.3 is 0 Å². The predicted molar refractivity (Wildman–Crippen MR) is 194 cm³/mol. The van der Waals surface area contributed by atoms with Gasteiger partial charge in [-0.15, -0.1) is 0 Å². The molecular weight excluding hydrogens is 555 g/mol. The quantitative estimate of drug-likeness (QED) is 0.198. The first-order valence-electron chi connectivity index (χ1n) is 16.4. The van der Waals surface area contributed by atoms with Gasteiger partial charge in [-0.1, -0.05) is 147 Å². The van der Waals surface area contributed by atoms with E-state index in [2.05, 4.69) is 183 Å². The van der Waals surface area contributed by atoms with Crippen molar-refractivity contribution in [2.45, 2.75) is 31.2 Å². The Hall–Kier alpha value is -5.40. The molecule has 2 aliphatic carbocycles. The van der Waals surface area contributed by atoms with Crippen molar-refractivity contribution in [1.29, 1.82) is 0 Å². The largest absolute Gasteiger partial charge is 0.333 e. The Balaban J connectivity index is 1.25. The Morgan fingerprint density at radius 3 is 2.04 bits per heavy atom. The molecule has 0 N–H and O–H groups in total. The van der Waals surface area contributed by atoms with Gasteiger partial charge in [0.1, 0.15) is 0 Å². The van der Waals surface area contributed by atoms with E-state index in [0.29, 0.717) is 0 Å². The molecule has 0 aromatic heterocycles. The number of rotatable bonds is 4. The zero-order valence-electron chi connectivity index (χ0n) is 26.2. The Morgan fingerprint density at radius 2 is 1.20 bits per heavy atom. The third-order valence-corrected chi connectivity index (χ3v) is 10.5. The first kappa shape index (κ1) is 27.0. The van der Waals surface area contributed by atoms with Crippen LogP contribution in [0, 0.1) is 0 Å². The second kappa shape index (κ2) is 10.3. The molecule has 6 aromatic carbocycles. The van der Waals surface area contributed by atoms with Gasteiger partial charge in [-0.25, -0.2) is 0 Å². The monoisotopic (exact) mass is 589 g/mol. The van der Waals surface area contributed by atoms with E-state index >= 15 is 0 Å². The van der Waals surface area contributed by atoms with Crippen LogP contribution in [0.1, 0.15) is 42.0 Å². The van der Waals surface area contributed by atoms with Crippen molar-refractivity contribution >= 4 is 16.9 Å². The topological polar surface area (TPSA) is 3.24 Å². The molecule has 0 saturated carbocycles. The van der Waals surface area contributed by atoms with Gasteiger partial charge in [-0.2, -0.15) is 0 Å². The molecule has 1 heteroatoms. The Bertz CT molecular complexity index is 2180. The number of anilines is 2. The SMILES string of the molecule is CC1(C)c2ccccc2-c2ccc(-c3ccc(-c4ccccc4)cc3C3=CC=CC4c5ccccc5N(c5ccccc5)C34)cc21. The summed E-state index contributed by atoms with van der Waals surface area (Å²) in [7, 11) is 0. The standard InChI is InChI=1S/C45H35N/c1-45(2)41-22-11-9-18-35(41)36-27-25-32(29-42(36)45)34-26-24-31(30-14-5-3-6-15-30)28-40(34)39-21-13-20-38-37-19-10-12-23-43(37)46(44(38)39)33-16-7-4-8-17-33/h3-29,38,44H,1-2H3. The highest BCUT2D eigenvalue weighted by Crippen LogP contribution is 2.54. The van der Waals surface area contributed by atoms with Gasteiger partial charge in [0.15, 0.2) is 0 Å². The molecule has 0 saturated heterocycles. The molecule has 2 atom stereocenters. The molecule has 6 aromatic rings. The predicted octanol–water partition coefficient (Wildman–Crippen LogP) is 11.6. The minimum absolute atomic E-state index is 0.0543. The molecule has 220 valence electrons. The average Bonchev–Trinajstić information content (AvgIpc) is 3.57. The molecule has 0 radical (unpaired) electrons. The van der Waals surface area contributed by atoms with Gasteiger partial charge in [0.25, 0.3) is 0 Å². The number of para-hydroxylation sites is 2.